The number of nitrogens with zero attached hydrogens (tertiary/aromatic N) is 2. The minimum atomic E-state index is -1.10. The minimum absolute atomic E-state index is 0. The molecule has 1 N–H and O–H groups in total. The van der Waals surface area contributed by atoms with Crippen LogP contribution in [0.25, 0.3) is 0 Å². The molecule has 3 nitrogen and oxygen atoms in total. The van der Waals surface area contributed by atoms with E-state index in [1.807, 2.05) is 41.3 Å². The van der Waals surface area contributed by atoms with E-state index in [9.17, 15) is 5.11 Å². The Morgan fingerprint density at radius 3 is 2.77 bits per heavy atom. The molecule has 1 atom stereocenters. The van der Waals surface area contributed by atoms with Crippen molar-refractivity contribution in [2.45, 2.75) is 12.1 Å². The van der Waals surface area contributed by atoms with Crippen LogP contribution < -0.4 is 0 Å². The van der Waals surface area contributed by atoms with Crippen LogP contribution >= 0.6 is 35.0 Å². The second-order valence-electron chi connectivity index (χ2n) is 5.44. The van der Waals surface area contributed by atoms with Gasteiger partial charge in [0.25, 0.3) is 0 Å². The van der Waals surface area contributed by atoms with E-state index in [1.165, 1.54) is 0 Å². The second-order valence-corrected chi connectivity index (χ2v) is 6.68. The van der Waals surface area contributed by atoms with Crippen molar-refractivity contribution >= 4 is 40.8 Å². The second kappa shape index (κ2) is 5.83. The monoisotopic (exact) mass is 426 g/mol. The zero-order chi connectivity index (χ0) is 14.4. The highest BCUT2D eigenvalue weighted by Crippen LogP contribution is 2.43. The largest absolute Gasteiger partial charge is 0.363 e. The fraction of sp³-hybridized carbons (Fsp3) is 0.235. The highest BCUT2D eigenvalue weighted by molar-refractivity contribution is 14.1. The number of hydrogen-bond donors (Lipinski definition) is 1. The smallest absolute Gasteiger partial charge is 0.193 e. The first-order valence-electron chi connectivity index (χ1n) is 7.11. The van der Waals surface area contributed by atoms with Gasteiger partial charge in [0.2, 0.25) is 0 Å². The van der Waals surface area contributed by atoms with Gasteiger partial charge in [-0.3, -0.25) is 4.99 Å². The molecular formula is C17H16ClIN2O. The predicted octanol–water partition coefficient (Wildman–Crippen LogP) is 3.37. The van der Waals surface area contributed by atoms with Crippen molar-refractivity contribution in [3.8, 4) is 0 Å². The van der Waals surface area contributed by atoms with Gasteiger partial charge in [-0.05, 0) is 41.1 Å². The highest BCUT2D eigenvalue weighted by atomic mass is 127. The van der Waals surface area contributed by atoms with Gasteiger partial charge in [-0.2, -0.15) is 0 Å². The summed E-state index contributed by atoms with van der Waals surface area (Å²) in [4.78, 5) is 6.71. The maximum absolute atomic E-state index is 11.6. The molecule has 2 aromatic carbocycles. The average Bonchev–Trinajstić information content (AvgIpc) is 2.79. The maximum atomic E-state index is 11.6. The Morgan fingerprint density at radius 1 is 1.14 bits per heavy atom. The molecule has 2 aliphatic rings. The van der Waals surface area contributed by atoms with E-state index in [2.05, 4.69) is 39.7 Å². The van der Waals surface area contributed by atoms with E-state index in [-0.39, 0.29) is 12.4 Å². The van der Waals surface area contributed by atoms with E-state index in [0.29, 0.717) is 0 Å². The number of rotatable bonds is 1. The predicted molar refractivity (Wildman–Crippen MR) is 98.6 cm³/mol. The average molecular weight is 427 g/mol. The number of aliphatic imine (C=N–C) groups is 1. The van der Waals surface area contributed by atoms with Crippen molar-refractivity contribution in [3.05, 3.63) is 68.8 Å². The van der Waals surface area contributed by atoms with Crippen LogP contribution in [-0.2, 0) is 5.72 Å². The molecule has 0 saturated heterocycles. The number of halogens is 2. The Morgan fingerprint density at radius 2 is 1.95 bits per heavy atom. The van der Waals surface area contributed by atoms with Crippen molar-refractivity contribution in [1.82, 2.24) is 4.90 Å². The lowest BCUT2D eigenvalue weighted by atomic mass is 9.94. The Bertz CT molecular complexity index is 749. The van der Waals surface area contributed by atoms with E-state index >= 15 is 0 Å². The Balaban J connectivity index is 0.00000144. The summed E-state index contributed by atoms with van der Waals surface area (Å²) in [6.07, 6.45) is 0.976. The lowest BCUT2D eigenvalue weighted by Crippen LogP contribution is -2.47. The standard InChI is InChI=1S/C17H15IN2O.ClH/c18-13-6-3-5-12(11-13)17(21)15-8-2-1-7-14(15)16-19-9-4-10-20(16)17;/h1-3,5-8,11,21H,4,9-10H2;1H. The Hall–Kier alpha value is -1.11. The van der Waals surface area contributed by atoms with Crippen molar-refractivity contribution < 1.29 is 5.11 Å². The third-order valence-corrected chi connectivity index (χ3v) is 4.89. The topological polar surface area (TPSA) is 35.8 Å². The van der Waals surface area contributed by atoms with Crippen molar-refractivity contribution in [1.29, 1.82) is 0 Å². The summed E-state index contributed by atoms with van der Waals surface area (Å²) in [5, 5.41) is 11.6. The molecule has 0 bridgehead atoms. The molecule has 1 unspecified atom stereocenters. The molecule has 0 fully saturated rings. The minimum Gasteiger partial charge on any atom is -0.363 e. The van der Waals surface area contributed by atoms with Crippen molar-refractivity contribution in [2.75, 3.05) is 13.1 Å². The molecule has 2 aliphatic heterocycles. The maximum Gasteiger partial charge on any atom is 0.193 e. The van der Waals surface area contributed by atoms with Gasteiger partial charge in [0.05, 0.1) is 0 Å². The lowest BCUT2D eigenvalue weighted by molar-refractivity contribution is -0.0318. The van der Waals surface area contributed by atoms with Gasteiger partial charge >= 0.3 is 0 Å². The van der Waals surface area contributed by atoms with Crippen LogP contribution in [0.4, 0.5) is 0 Å². The van der Waals surface area contributed by atoms with Gasteiger partial charge in [-0.25, -0.2) is 0 Å². The summed E-state index contributed by atoms with van der Waals surface area (Å²) in [7, 11) is 0. The molecule has 0 spiro atoms. The zero-order valence-electron chi connectivity index (χ0n) is 11.9. The molecule has 0 aliphatic carbocycles. The van der Waals surface area contributed by atoms with Crippen LogP contribution in [0, 0.1) is 3.57 Å². The summed E-state index contributed by atoms with van der Waals surface area (Å²) < 4.78 is 1.12. The lowest BCUT2D eigenvalue weighted by Gasteiger charge is -2.37. The van der Waals surface area contributed by atoms with Crippen LogP contribution in [0.15, 0.2) is 53.5 Å². The molecule has 2 heterocycles. The Kier molecular flexibility index (Phi) is 4.18. The molecule has 2 aromatic rings. The first-order chi connectivity index (χ1) is 10.2. The number of aliphatic hydroxyl groups is 1. The van der Waals surface area contributed by atoms with Gasteiger partial charge in [0.1, 0.15) is 5.84 Å². The van der Waals surface area contributed by atoms with Crippen LogP contribution in [0.5, 0.6) is 0 Å². The summed E-state index contributed by atoms with van der Waals surface area (Å²) in [5.74, 6) is 0.929. The fourth-order valence-corrected chi connectivity index (χ4v) is 3.84. The first kappa shape index (κ1) is 15.8. The number of hydrogen-bond acceptors (Lipinski definition) is 3. The molecule has 5 heteroatoms. The quantitative estimate of drug-likeness (QED) is 0.710. The molecule has 0 aromatic heterocycles. The first-order valence-corrected chi connectivity index (χ1v) is 8.19. The molecule has 0 amide bonds. The van der Waals surface area contributed by atoms with Gasteiger partial charge < -0.3 is 10.0 Å². The SMILES string of the molecule is Cl.OC1(c2cccc(I)c2)c2ccccc2C2=NCCCN21. The molecule has 4 rings (SSSR count). The summed E-state index contributed by atoms with van der Waals surface area (Å²) in [5.41, 5.74) is 1.80. The molecule has 0 radical (unpaired) electrons. The molecule has 114 valence electrons. The van der Waals surface area contributed by atoms with Crippen LogP contribution in [0.3, 0.4) is 0 Å². The summed E-state index contributed by atoms with van der Waals surface area (Å²) in [6.45, 7) is 1.66. The van der Waals surface area contributed by atoms with E-state index in [4.69, 9.17) is 0 Å². The van der Waals surface area contributed by atoms with Crippen molar-refractivity contribution in [3.63, 3.8) is 0 Å². The van der Waals surface area contributed by atoms with Gasteiger partial charge in [0, 0.05) is 33.4 Å². The van der Waals surface area contributed by atoms with Gasteiger partial charge in [0.15, 0.2) is 5.72 Å². The van der Waals surface area contributed by atoms with Crippen LogP contribution in [0.2, 0.25) is 0 Å². The van der Waals surface area contributed by atoms with Crippen molar-refractivity contribution in [2.24, 2.45) is 4.99 Å². The van der Waals surface area contributed by atoms with Gasteiger partial charge in [-0.1, -0.05) is 36.4 Å². The van der Waals surface area contributed by atoms with Crippen LogP contribution in [0.1, 0.15) is 23.1 Å². The highest BCUT2D eigenvalue weighted by Gasteiger charge is 2.48. The van der Waals surface area contributed by atoms with E-state index in [0.717, 1.165) is 45.6 Å². The third-order valence-electron chi connectivity index (χ3n) is 4.22. The third kappa shape index (κ3) is 2.16. The number of amidine groups is 1. The molecule has 22 heavy (non-hydrogen) atoms. The number of benzene rings is 2. The summed E-state index contributed by atoms with van der Waals surface area (Å²) >= 11 is 2.29. The van der Waals surface area contributed by atoms with E-state index in [1.54, 1.807) is 0 Å². The zero-order valence-corrected chi connectivity index (χ0v) is 14.8. The summed E-state index contributed by atoms with van der Waals surface area (Å²) in [6, 6.07) is 16.1. The molecule has 0 saturated carbocycles. The fourth-order valence-electron chi connectivity index (χ4n) is 3.29. The van der Waals surface area contributed by atoms with Crippen LogP contribution in [-0.4, -0.2) is 28.9 Å². The normalized spacial score (nSPS) is 22.5. The van der Waals surface area contributed by atoms with E-state index < -0.39 is 5.72 Å². The van der Waals surface area contributed by atoms with Gasteiger partial charge in [-0.15, -0.1) is 12.4 Å². The Labute approximate surface area is 149 Å². The molecular weight excluding hydrogens is 411 g/mol. The number of fused-ring (bicyclic) bond motifs is 3.